The minimum atomic E-state index is -0.132. The summed E-state index contributed by atoms with van der Waals surface area (Å²) < 4.78 is 0. The normalized spacial score (nSPS) is 22.2. The van der Waals surface area contributed by atoms with Crippen LogP contribution in [-0.4, -0.2) is 35.7 Å². The molecule has 0 saturated heterocycles. The van der Waals surface area contributed by atoms with Crippen LogP contribution >= 0.6 is 0 Å². The summed E-state index contributed by atoms with van der Waals surface area (Å²) in [5.74, 6) is 0.966. The highest BCUT2D eigenvalue weighted by Gasteiger charge is 2.27. The number of rotatable bonds is 5. The van der Waals surface area contributed by atoms with Crippen LogP contribution in [0, 0.1) is 5.92 Å². The van der Waals surface area contributed by atoms with Gasteiger partial charge in [0.1, 0.15) is 5.82 Å². The maximum Gasteiger partial charge on any atom is 0.254 e. The predicted molar refractivity (Wildman–Crippen MR) is 74.1 cm³/mol. The Morgan fingerprint density at radius 1 is 1.53 bits per heavy atom. The van der Waals surface area contributed by atoms with Crippen LogP contribution in [-0.2, 0) is 0 Å². The lowest BCUT2D eigenvalue weighted by Gasteiger charge is -2.22. The molecule has 1 saturated carbocycles. The largest absolute Gasteiger partial charge is 0.396 e. The molecule has 0 spiro atoms. The van der Waals surface area contributed by atoms with E-state index < -0.39 is 0 Å². The fourth-order valence-electron chi connectivity index (χ4n) is 2.75. The Labute approximate surface area is 113 Å². The van der Waals surface area contributed by atoms with E-state index in [2.05, 4.69) is 15.6 Å². The summed E-state index contributed by atoms with van der Waals surface area (Å²) in [5, 5.41) is 15.1. The summed E-state index contributed by atoms with van der Waals surface area (Å²) in [6, 6.07) is 3.82. The van der Waals surface area contributed by atoms with E-state index in [4.69, 9.17) is 5.11 Å². The number of carbonyl (C=O) groups is 1. The van der Waals surface area contributed by atoms with Gasteiger partial charge in [-0.25, -0.2) is 4.98 Å². The fourth-order valence-corrected chi connectivity index (χ4v) is 2.75. The maximum absolute atomic E-state index is 11.8. The lowest BCUT2D eigenvalue weighted by molar-refractivity contribution is 0.0963. The van der Waals surface area contributed by atoms with Gasteiger partial charge in [0.25, 0.3) is 5.91 Å². The number of carbonyl (C=O) groups excluding carboxylic acids is 1. The molecule has 1 aromatic heterocycles. The highest BCUT2D eigenvalue weighted by Crippen LogP contribution is 2.31. The summed E-state index contributed by atoms with van der Waals surface area (Å²) in [5.41, 5.74) is 0.569. The van der Waals surface area contributed by atoms with Crippen molar-refractivity contribution < 1.29 is 9.90 Å². The molecule has 2 unspecified atom stereocenters. The molecule has 104 valence electrons. The Morgan fingerprint density at radius 2 is 2.37 bits per heavy atom. The number of aliphatic hydroxyl groups is 1. The summed E-state index contributed by atoms with van der Waals surface area (Å²) in [7, 11) is 1.61. The zero-order valence-electron chi connectivity index (χ0n) is 11.2. The second-order valence-electron chi connectivity index (χ2n) is 4.93. The van der Waals surface area contributed by atoms with E-state index in [0.717, 1.165) is 25.7 Å². The molecule has 19 heavy (non-hydrogen) atoms. The first kappa shape index (κ1) is 13.8. The molecule has 5 heteroatoms. The van der Waals surface area contributed by atoms with E-state index in [1.54, 1.807) is 25.4 Å². The van der Waals surface area contributed by atoms with E-state index in [-0.39, 0.29) is 12.5 Å². The fraction of sp³-hybridized carbons (Fsp3) is 0.571. The minimum Gasteiger partial charge on any atom is -0.396 e. The number of amides is 1. The van der Waals surface area contributed by atoms with Gasteiger partial charge in [0, 0.05) is 25.9 Å². The van der Waals surface area contributed by atoms with E-state index in [1.165, 1.54) is 0 Å². The summed E-state index contributed by atoms with van der Waals surface area (Å²) >= 11 is 0. The average molecular weight is 263 g/mol. The molecule has 3 N–H and O–H groups in total. The second-order valence-corrected chi connectivity index (χ2v) is 4.93. The smallest absolute Gasteiger partial charge is 0.254 e. The zero-order chi connectivity index (χ0) is 13.7. The van der Waals surface area contributed by atoms with Crippen LogP contribution in [0.5, 0.6) is 0 Å². The van der Waals surface area contributed by atoms with E-state index in [0.29, 0.717) is 23.3 Å². The molecule has 5 nitrogen and oxygen atoms in total. The van der Waals surface area contributed by atoms with Crippen LogP contribution in [0.2, 0.25) is 0 Å². The first-order valence-corrected chi connectivity index (χ1v) is 6.80. The van der Waals surface area contributed by atoms with Crippen molar-refractivity contribution >= 4 is 11.7 Å². The SMILES string of the molecule is CNC(=O)c1cccnc1NC1CCCC1CCO. The van der Waals surface area contributed by atoms with Crippen molar-refractivity contribution in [1.29, 1.82) is 0 Å². The molecular weight excluding hydrogens is 242 g/mol. The number of hydrogen-bond acceptors (Lipinski definition) is 4. The molecule has 0 aliphatic heterocycles. The van der Waals surface area contributed by atoms with Crippen molar-refractivity contribution in [3.05, 3.63) is 23.9 Å². The van der Waals surface area contributed by atoms with Gasteiger partial charge in [-0.15, -0.1) is 0 Å². The van der Waals surface area contributed by atoms with Crippen LogP contribution in [0.4, 0.5) is 5.82 Å². The van der Waals surface area contributed by atoms with Gasteiger partial charge in [0.2, 0.25) is 0 Å². The first-order valence-electron chi connectivity index (χ1n) is 6.80. The van der Waals surface area contributed by atoms with Crippen molar-refractivity contribution in [2.24, 2.45) is 5.92 Å². The molecule has 1 amide bonds. The summed E-state index contributed by atoms with van der Waals surface area (Å²) in [6.07, 6.45) is 5.84. The zero-order valence-corrected chi connectivity index (χ0v) is 11.2. The molecule has 0 aromatic carbocycles. The van der Waals surface area contributed by atoms with Crippen molar-refractivity contribution in [2.75, 3.05) is 19.0 Å². The molecule has 1 fully saturated rings. The third kappa shape index (κ3) is 3.23. The van der Waals surface area contributed by atoms with Gasteiger partial charge in [-0.3, -0.25) is 4.79 Å². The molecule has 1 aliphatic carbocycles. The summed E-state index contributed by atoms with van der Waals surface area (Å²) in [4.78, 5) is 16.1. The van der Waals surface area contributed by atoms with Crippen LogP contribution < -0.4 is 10.6 Å². The number of hydrogen-bond donors (Lipinski definition) is 3. The van der Waals surface area contributed by atoms with Gasteiger partial charge in [-0.1, -0.05) is 6.42 Å². The third-order valence-electron chi connectivity index (χ3n) is 3.76. The van der Waals surface area contributed by atoms with Gasteiger partial charge in [0.05, 0.1) is 5.56 Å². The summed E-state index contributed by atoms with van der Waals surface area (Å²) in [6.45, 7) is 0.216. The van der Waals surface area contributed by atoms with Crippen molar-refractivity contribution in [3.8, 4) is 0 Å². The Bertz CT molecular complexity index is 436. The lowest BCUT2D eigenvalue weighted by Crippen LogP contribution is -2.28. The number of aromatic nitrogens is 1. The number of nitrogens with one attached hydrogen (secondary N) is 2. The molecular formula is C14H21N3O2. The lowest BCUT2D eigenvalue weighted by atomic mass is 10.00. The predicted octanol–water partition coefficient (Wildman–Crippen LogP) is 1.40. The van der Waals surface area contributed by atoms with Gasteiger partial charge in [-0.2, -0.15) is 0 Å². The van der Waals surface area contributed by atoms with Crippen molar-refractivity contribution in [1.82, 2.24) is 10.3 Å². The van der Waals surface area contributed by atoms with Crippen LogP contribution in [0.25, 0.3) is 0 Å². The topological polar surface area (TPSA) is 74.2 Å². The van der Waals surface area contributed by atoms with E-state index in [9.17, 15) is 4.79 Å². The number of nitrogens with zero attached hydrogens (tertiary/aromatic N) is 1. The first-order chi connectivity index (χ1) is 9.26. The molecule has 1 aliphatic rings. The molecule has 1 aromatic rings. The Morgan fingerprint density at radius 3 is 3.11 bits per heavy atom. The van der Waals surface area contributed by atoms with Gasteiger partial charge in [-0.05, 0) is 37.3 Å². The molecule has 0 bridgehead atoms. The Balaban J connectivity index is 2.12. The van der Waals surface area contributed by atoms with Gasteiger partial charge in [0.15, 0.2) is 0 Å². The monoisotopic (exact) mass is 263 g/mol. The van der Waals surface area contributed by atoms with Crippen LogP contribution in [0.1, 0.15) is 36.0 Å². The number of pyridine rings is 1. The maximum atomic E-state index is 11.8. The molecule has 0 radical (unpaired) electrons. The third-order valence-corrected chi connectivity index (χ3v) is 3.76. The van der Waals surface area contributed by atoms with Crippen LogP contribution in [0.15, 0.2) is 18.3 Å². The Kier molecular flexibility index (Phi) is 4.74. The number of anilines is 1. The van der Waals surface area contributed by atoms with Crippen LogP contribution in [0.3, 0.4) is 0 Å². The molecule has 1 heterocycles. The van der Waals surface area contributed by atoms with Gasteiger partial charge < -0.3 is 15.7 Å². The average Bonchev–Trinajstić information content (AvgIpc) is 2.86. The van der Waals surface area contributed by atoms with E-state index >= 15 is 0 Å². The quantitative estimate of drug-likeness (QED) is 0.751. The van der Waals surface area contributed by atoms with Crippen molar-refractivity contribution in [3.63, 3.8) is 0 Å². The highest BCUT2D eigenvalue weighted by molar-refractivity contribution is 5.98. The molecule has 2 rings (SSSR count). The number of aliphatic hydroxyl groups excluding tert-OH is 1. The van der Waals surface area contributed by atoms with Crippen molar-refractivity contribution in [2.45, 2.75) is 31.7 Å². The minimum absolute atomic E-state index is 0.132. The van der Waals surface area contributed by atoms with E-state index in [1.807, 2.05) is 0 Å². The molecule has 2 atom stereocenters. The Hall–Kier alpha value is -1.62. The highest BCUT2D eigenvalue weighted by atomic mass is 16.3. The second kappa shape index (κ2) is 6.52. The standard InChI is InChI=1S/C14H21N3O2/c1-15-14(19)11-5-3-8-16-13(11)17-12-6-2-4-10(12)7-9-18/h3,5,8,10,12,18H,2,4,6-7,9H2,1H3,(H,15,19)(H,16,17). The van der Waals surface area contributed by atoms with Gasteiger partial charge >= 0.3 is 0 Å².